The van der Waals surface area contributed by atoms with Crippen LogP contribution in [0.1, 0.15) is 26.3 Å². The maximum atomic E-state index is 12.5. The van der Waals surface area contributed by atoms with Gasteiger partial charge in [-0.15, -0.1) is 0 Å². The number of benzene rings is 2. The lowest BCUT2D eigenvalue weighted by molar-refractivity contribution is 0.0945. The maximum Gasteiger partial charge on any atom is 0.255 e. The smallest absolute Gasteiger partial charge is 0.255 e. The summed E-state index contributed by atoms with van der Waals surface area (Å²) < 4.78 is 15.8. The van der Waals surface area contributed by atoms with Crippen LogP contribution in [0.3, 0.4) is 0 Å². The van der Waals surface area contributed by atoms with E-state index in [0.717, 1.165) is 5.56 Å². The summed E-state index contributed by atoms with van der Waals surface area (Å²) >= 11 is 0. The summed E-state index contributed by atoms with van der Waals surface area (Å²) in [4.78, 5) is 23.5. The molecule has 0 aliphatic carbocycles. The van der Waals surface area contributed by atoms with E-state index in [1.165, 1.54) is 21.3 Å². The molecular formula is C18H20N2O5. The molecule has 0 saturated heterocycles. The third-order valence-electron chi connectivity index (χ3n) is 3.64. The summed E-state index contributed by atoms with van der Waals surface area (Å²) in [5, 5.41) is 2.80. The Kier molecular flexibility index (Phi) is 5.84. The number of primary amides is 1. The fourth-order valence-corrected chi connectivity index (χ4v) is 2.34. The van der Waals surface area contributed by atoms with E-state index in [-0.39, 0.29) is 12.5 Å². The van der Waals surface area contributed by atoms with Crippen molar-refractivity contribution in [3.8, 4) is 17.2 Å². The summed E-state index contributed by atoms with van der Waals surface area (Å²) in [5.74, 6) is 0.298. The number of nitrogens with two attached hydrogens (primary N) is 1. The zero-order valence-electron chi connectivity index (χ0n) is 14.3. The van der Waals surface area contributed by atoms with Crippen molar-refractivity contribution in [2.75, 3.05) is 21.3 Å². The molecule has 3 N–H and O–H groups in total. The van der Waals surface area contributed by atoms with Gasteiger partial charge < -0.3 is 25.3 Å². The Hall–Kier alpha value is -3.22. The van der Waals surface area contributed by atoms with Crippen molar-refractivity contribution in [1.29, 1.82) is 0 Å². The number of methoxy groups -OCH3 is 3. The molecule has 132 valence electrons. The van der Waals surface area contributed by atoms with E-state index in [9.17, 15) is 9.59 Å². The van der Waals surface area contributed by atoms with Crippen molar-refractivity contribution < 1.29 is 23.8 Å². The molecule has 0 aromatic heterocycles. The molecule has 0 saturated carbocycles. The van der Waals surface area contributed by atoms with E-state index in [1.54, 1.807) is 36.4 Å². The standard InChI is InChI=1S/C18H20N2O5/c1-23-14-9-8-13(15(24-2)16(14)25-3)18(22)20-10-11-4-6-12(7-5-11)17(19)21/h4-9H,10H2,1-3H3,(H2,19,21)(H,20,22). The molecule has 7 nitrogen and oxygen atoms in total. The lowest BCUT2D eigenvalue weighted by Crippen LogP contribution is -2.23. The second kappa shape index (κ2) is 8.05. The Balaban J connectivity index is 2.16. The average molecular weight is 344 g/mol. The Bertz CT molecular complexity index is 772. The number of carbonyl (C=O) groups excluding carboxylic acids is 2. The van der Waals surface area contributed by atoms with Crippen molar-refractivity contribution in [2.24, 2.45) is 5.73 Å². The molecule has 0 bridgehead atoms. The predicted octanol–water partition coefficient (Wildman–Crippen LogP) is 1.74. The third-order valence-corrected chi connectivity index (χ3v) is 3.64. The molecule has 0 heterocycles. The minimum absolute atomic E-state index is 0.287. The number of ether oxygens (including phenoxy) is 3. The molecule has 0 unspecified atom stereocenters. The van der Waals surface area contributed by atoms with Crippen LogP contribution in [0, 0.1) is 0 Å². The Morgan fingerprint density at radius 1 is 0.920 bits per heavy atom. The lowest BCUT2D eigenvalue weighted by Gasteiger charge is -2.15. The monoisotopic (exact) mass is 344 g/mol. The largest absolute Gasteiger partial charge is 0.493 e. The molecule has 0 aliphatic heterocycles. The summed E-state index contributed by atoms with van der Waals surface area (Å²) in [6.45, 7) is 0.287. The topological polar surface area (TPSA) is 99.9 Å². The highest BCUT2D eigenvalue weighted by Gasteiger charge is 2.20. The fourth-order valence-electron chi connectivity index (χ4n) is 2.34. The van der Waals surface area contributed by atoms with Gasteiger partial charge in [0.2, 0.25) is 11.7 Å². The van der Waals surface area contributed by atoms with Crippen LogP contribution < -0.4 is 25.3 Å². The zero-order chi connectivity index (χ0) is 18.4. The van der Waals surface area contributed by atoms with Gasteiger partial charge in [-0.1, -0.05) is 12.1 Å². The quantitative estimate of drug-likeness (QED) is 0.797. The summed E-state index contributed by atoms with van der Waals surface area (Å²) in [5.41, 5.74) is 6.77. The van der Waals surface area contributed by atoms with E-state index in [4.69, 9.17) is 19.9 Å². The van der Waals surface area contributed by atoms with Crippen LogP contribution in [0.4, 0.5) is 0 Å². The third kappa shape index (κ3) is 4.00. The summed E-state index contributed by atoms with van der Waals surface area (Å²) in [6.07, 6.45) is 0. The summed E-state index contributed by atoms with van der Waals surface area (Å²) in [6, 6.07) is 9.92. The van der Waals surface area contributed by atoms with Crippen LogP contribution >= 0.6 is 0 Å². The minimum atomic E-state index is -0.495. The highest BCUT2D eigenvalue weighted by molar-refractivity contribution is 5.98. The van der Waals surface area contributed by atoms with Crippen LogP contribution in [0.2, 0.25) is 0 Å². The Labute approximate surface area is 145 Å². The lowest BCUT2D eigenvalue weighted by atomic mass is 10.1. The zero-order valence-corrected chi connectivity index (χ0v) is 14.3. The first kappa shape index (κ1) is 18.1. The van der Waals surface area contributed by atoms with E-state index in [0.29, 0.717) is 28.4 Å². The van der Waals surface area contributed by atoms with Crippen molar-refractivity contribution in [1.82, 2.24) is 5.32 Å². The van der Waals surface area contributed by atoms with Crippen molar-refractivity contribution in [3.05, 3.63) is 53.1 Å². The molecule has 2 amide bonds. The van der Waals surface area contributed by atoms with Gasteiger partial charge in [0.05, 0.1) is 26.9 Å². The van der Waals surface area contributed by atoms with E-state index in [2.05, 4.69) is 5.32 Å². The fraction of sp³-hybridized carbons (Fsp3) is 0.222. The highest BCUT2D eigenvalue weighted by atomic mass is 16.5. The number of nitrogens with one attached hydrogen (secondary N) is 1. The van der Waals surface area contributed by atoms with Gasteiger partial charge in [-0.25, -0.2) is 0 Å². The first-order valence-electron chi connectivity index (χ1n) is 7.47. The number of hydrogen-bond donors (Lipinski definition) is 2. The van der Waals surface area contributed by atoms with Crippen molar-refractivity contribution in [2.45, 2.75) is 6.54 Å². The average Bonchev–Trinajstić information content (AvgIpc) is 2.64. The Morgan fingerprint density at radius 3 is 2.08 bits per heavy atom. The van der Waals surface area contributed by atoms with Crippen LogP contribution in [0.25, 0.3) is 0 Å². The first-order valence-corrected chi connectivity index (χ1v) is 7.47. The molecule has 0 spiro atoms. The van der Waals surface area contributed by atoms with Gasteiger partial charge in [-0.3, -0.25) is 9.59 Å². The number of carbonyl (C=O) groups is 2. The molecule has 0 atom stereocenters. The Morgan fingerprint density at radius 2 is 1.56 bits per heavy atom. The van der Waals surface area contributed by atoms with Gasteiger partial charge in [-0.05, 0) is 29.8 Å². The van der Waals surface area contributed by atoms with Gasteiger partial charge in [0.25, 0.3) is 5.91 Å². The second-order valence-electron chi connectivity index (χ2n) is 5.13. The van der Waals surface area contributed by atoms with Gasteiger partial charge in [0.15, 0.2) is 11.5 Å². The van der Waals surface area contributed by atoms with Gasteiger partial charge >= 0.3 is 0 Å². The molecule has 7 heteroatoms. The molecule has 0 fully saturated rings. The van der Waals surface area contributed by atoms with Gasteiger partial charge in [0, 0.05) is 12.1 Å². The SMILES string of the molecule is COc1ccc(C(=O)NCc2ccc(C(N)=O)cc2)c(OC)c1OC. The number of rotatable bonds is 7. The van der Waals surface area contributed by atoms with Crippen molar-refractivity contribution in [3.63, 3.8) is 0 Å². The molecule has 2 aromatic carbocycles. The molecule has 0 aliphatic rings. The summed E-state index contributed by atoms with van der Waals surface area (Å²) in [7, 11) is 4.44. The van der Waals surface area contributed by atoms with Crippen LogP contribution in [0.15, 0.2) is 36.4 Å². The number of amides is 2. The van der Waals surface area contributed by atoms with Crippen LogP contribution in [-0.4, -0.2) is 33.1 Å². The normalized spacial score (nSPS) is 10.0. The van der Waals surface area contributed by atoms with Gasteiger partial charge in [0.1, 0.15) is 0 Å². The molecule has 2 rings (SSSR count). The van der Waals surface area contributed by atoms with E-state index >= 15 is 0 Å². The second-order valence-corrected chi connectivity index (χ2v) is 5.13. The maximum absolute atomic E-state index is 12.5. The van der Waals surface area contributed by atoms with Crippen LogP contribution in [0.5, 0.6) is 17.2 Å². The number of hydrogen-bond acceptors (Lipinski definition) is 5. The van der Waals surface area contributed by atoms with E-state index < -0.39 is 5.91 Å². The molecule has 0 radical (unpaired) electrons. The van der Waals surface area contributed by atoms with E-state index in [1.807, 2.05) is 0 Å². The van der Waals surface area contributed by atoms with Crippen molar-refractivity contribution >= 4 is 11.8 Å². The minimum Gasteiger partial charge on any atom is -0.493 e. The first-order chi connectivity index (χ1) is 12.0. The molecule has 25 heavy (non-hydrogen) atoms. The van der Waals surface area contributed by atoms with Gasteiger partial charge in [-0.2, -0.15) is 0 Å². The predicted molar refractivity (Wildman–Crippen MR) is 92.2 cm³/mol. The molecular weight excluding hydrogens is 324 g/mol. The molecule has 2 aromatic rings. The highest BCUT2D eigenvalue weighted by Crippen LogP contribution is 2.39. The van der Waals surface area contributed by atoms with Crippen LogP contribution in [-0.2, 0) is 6.54 Å².